The van der Waals surface area contributed by atoms with E-state index in [1.807, 2.05) is 6.92 Å². The summed E-state index contributed by atoms with van der Waals surface area (Å²) in [5, 5.41) is 49.8. The fourth-order valence-corrected chi connectivity index (χ4v) is 3.89. The first-order valence-corrected chi connectivity index (χ1v) is 14.4. The average molecular weight is 648 g/mol. The van der Waals surface area contributed by atoms with Crippen molar-refractivity contribution in [1.82, 2.24) is 26.6 Å². The number of aliphatic hydroxyl groups excluding tert-OH is 1. The molecule has 0 fully saturated rings. The van der Waals surface area contributed by atoms with E-state index in [4.69, 9.17) is 9.84 Å². The van der Waals surface area contributed by atoms with Gasteiger partial charge in [-0.25, -0.2) is 14.4 Å². The van der Waals surface area contributed by atoms with Gasteiger partial charge in [-0.3, -0.25) is 24.0 Å². The van der Waals surface area contributed by atoms with Gasteiger partial charge in [0, 0.05) is 46.3 Å². The molecule has 0 bridgehead atoms. The number of carbonyl (C=O) groups is 8. The highest BCUT2D eigenvalue weighted by molar-refractivity contribution is 5.86. The van der Waals surface area contributed by atoms with E-state index in [1.165, 1.54) is 0 Å². The van der Waals surface area contributed by atoms with Gasteiger partial charge in [0.1, 0.15) is 18.1 Å². The van der Waals surface area contributed by atoms with E-state index >= 15 is 0 Å². The van der Waals surface area contributed by atoms with Gasteiger partial charge in [-0.1, -0.05) is 13.3 Å². The Morgan fingerprint density at radius 3 is 1.42 bits per heavy atom. The first-order valence-electron chi connectivity index (χ1n) is 14.4. The highest BCUT2D eigenvalue weighted by Gasteiger charge is 2.27. The number of amides is 5. The molecule has 5 unspecified atom stereocenters. The van der Waals surface area contributed by atoms with Crippen LogP contribution in [0.1, 0.15) is 78.1 Å². The molecule has 0 heterocycles. The number of rotatable bonds is 24. The fraction of sp³-hybridized carbons (Fsp3) is 0.704. The second-order valence-electron chi connectivity index (χ2n) is 10.2. The van der Waals surface area contributed by atoms with Crippen molar-refractivity contribution in [3.8, 4) is 0 Å². The molecule has 18 nitrogen and oxygen atoms in total. The molecule has 0 radical (unpaired) electrons. The maximum Gasteiger partial charge on any atom is 0.326 e. The SMILES string of the molecule is CCCCNC(=O)CCC(NC(=O)CCC(NC(=O)CCC(NC(=O)CCC(NC(C)=O)C(=O)O)C(=O)O)C(O)OC)C(=O)O. The molecule has 0 aliphatic rings. The maximum absolute atomic E-state index is 12.5. The number of aliphatic hydroxyl groups is 1. The number of unbranched alkanes of at least 4 members (excludes halogenated alkanes) is 1. The Labute approximate surface area is 260 Å². The largest absolute Gasteiger partial charge is 0.480 e. The Bertz CT molecular complexity index is 1040. The van der Waals surface area contributed by atoms with Crippen molar-refractivity contribution in [1.29, 1.82) is 0 Å². The van der Waals surface area contributed by atoms with Gasteiger partial charge in [0.2, 0.25) is 29.5 Å². The van der Waals surface area contributed by atoms with Gasteiger partial charge in [0.05, 0.1) is 6.04 Å². The Morgan fingerprint density at radius 2 is 1.02 bits per heavy atom. The van der Waals surface area contributed by atoms with Gasteiger partial charge in [0.15, 0.2) is 6.29 Å². The summed E-state index contributed by atoms with van der Waals surface area (Å²) in [6.45, 7) is 3.50. The van der Waals surface area contributed by atoms with Crippen LogP contribution in [-0.2, 0) is 43.1 Å². The van der Waals surface area contributed by atoms with Gasteiger partial charge >= 0.3 is 17.9 Å². The van der Waals surface area contributed by atoms with Crippen molar-refractivity contribution >= 4 is 47.4 Å². The van der Waals surface area contributed by atoms with E-state index in [1.54, 1.807) is 0 Å². The number of nitrogens with one attached hydrogen (secondary N) is 5. The molecule has 0 aliphatic heterocycles. The van der Waals surface area contributed by atoms with Crippen LogP contribution < -0.4 is 26.6 Å². The number of ether oxygens (including phenoxy) is 1. The van der Waals surface area contributed by atoms with E-state index in [0.29, 0.717) is 6.54 Å². The molecule has 0 spiro atoms. The zero-order valence-electron chi connectivity index (χ0n) is 25.6. The molecule has 9 N–H and O–H groups in total. The number of hydrogen-bond donors (Lipinski definition) is 9. The molecule has 45 heavy (non-hydrogen) atoms. The first kappa shape index (κ1) is 40.7. The third kappa shape index (κ3) is 18.8. The van der Waals surface area contributed by atoms with Crippen LogP contribution >= 0.6 is 0 Å². The van der Waals surface area contributed by atoms with Crippen molar-refractivity contribution in [3.05, 3.63) is 0 Å². The number of hydrogen-bond acceptors (Lipinski definition) is 10. The second kappa shape index (κ2) is 22.2. The molecule has 0 rings (SSSR count). The third-order valence-electron chi connectivity index (χ3n) is 6.39. The quantitative estimate of drug-likeness (QED) is 0.0413. The predicted octanol–water partition coefficient (Wildman–Crippen LogP) is -1.80. The molecule has 256 valence electrons. The van der Waals surface area contributed by atoms with Crippen LogP contribution in [0.25, 0.3) is 0 Å². The summed E-state index contributed by atoms with van der Waals surface area (Å²) in [5.74, 6) is -7.48. The Kier molecular flexibility index (Phi) is 20.1. The standard InChI is InChI=1S/C27H45N5O13/c1-4-5-14-28-20(34)10-6-17(25(40)41)30-22(36)13-9-19(27(44)45-3)32-23(37)12-8-18(26(42)43)31-21(35)11-7-16(24(38)39)29-15(2)33/h16-19,27,44H,4-14H2,1-3H3,(H,28,34)(H,29,33)(H,30,36)(H,31,35)(H,32,37)(H,38,39)(H,40,41)(H,42,43). The van der Waals surface area contributed by atoms with Gasteiger partial charge < -0.3 is 51.7 Å². The summed E-state index contributed by atoms with van der Waals surface area (Å²) >= 11 is 0. The van der Waals surface area contributed by atoms with E-state index in [-0.39, 0.29) is 44.4 Å². The molecule has 0 saturated carbocycles. The lowest BCUT2D eigenvalue weighted by atomic mass is 10.1. The monoisotopic (exact) mass is 647 g/mol. The Balaban J connectivity index is 4.96. The summed E-state index contributed by atoms with van der Waals surface area (Å²) in [4.78, 5) is 94.5. The summed E-state index contributed by atoms with van der Waals surface area (Å²) in [6.07, 6.45) is -2.33. The minimum absolute atomic E-state index is 0.125. The molecule has 5 atom stereocenters. The van der Waals surface area contributed by atoms with E-state index in [2.05, 4.69) is 26.6 Å². The summed E-state index contributed by atoms with van der Waals surface area (Å²) in [6, 6.07) is -5.38. The summed E-state index contributed by atoms with van der Waals surface area (Å²) in [5.41, 5.74) is 0. The fourth-order valence-electron chi connectivity index (χ4n) is 3.89. The van der Waals surface area contributed by atoms with Crippen LogP contribution in [0, 0.1) is 0 Å². The lowest BCUT2D eigenvalue weighted by Crippen LogP contribution is -2.47. The van der Waals surface area contributed by atoms with Crippen LogP contribution in [0.2, 0.25) is 0 Å². The summed E-state index contributed by atoms with van der Waals surface area (Å²) < 4.78 is 4.82. The van der Waals surface area contributed by atoms with E-state index in [0.717, 1.165) is 26.9 Å². The van der Waals surface area contributed by atoms with Crippen LogP contribution in [0.4, 0.5) is 0 Å². The van der Waals surface area contributed by atoms with Crippen molar-refractivity contribution in [2.75, 3.05) is 13.7 Å². The smallest absolute Gasteiger partial charge is 0.326 e. The van der Waals surface area contributed by atoms with Crippen LogP contribution in [0.3, 0.4) is 0 Å². The lowest BCUT2D eigenvalue weighted by Gasteiger charge is -2.24. The molecule has 18 heteroatoms. The molecular formula is C27H45N5O13. The molecular weight excluding hydrogens is 602 g/mol. The molecule has 0 aromatic rings. The highest BCUT2D eigenvalue weighted by Crippen LogP contribution is 2.08. The molecule has 0 aromatic carbocycles. The van der Waals surface area contributed by atoms with Crippen LogP contribution in [-0.4, -0.2) is 112 Å². The lowest BCUT2D eigenvalue weighted by molar-refractivity contribution is -0.143. The van der Waals surface area contributed by atoms with Crippen molar-refractivity contribution in [2.45, 2.75) is 109 Å². The zero-order valence-corrected chi connectivity index (χ0v) is 25.6. The Hall–Kier alpha value is -4.32. The minimum Gasteiger partial charge on any atom is -0.480 e. The van der Waals surface area contributed by atoms with Crippen LogP contribution in [0.5, 0.6) is 0 Å². The molecule has 5 amide bonds. The molecule has 0 aliphatic carbocycles. The average Bonchev–Trinajstić information content (AvgIpc) is 2.96. The minimum atomic E-state index is -1.58. The van der Waals surface area contributed by atoms with Gasteiger partial charge in [-0.05, 0) is 32.1 Å². The van der Waals surface area contributed by atoms with Crippen molar-refractivity contribution in [3.63, 3.8) is 0 Å². The number of carboxylic acid groups (broad SMARTS) is 3. The summed E-state index contributed by atoms with van der Waals surface area (Å²) in [7, 11) is 1.13. The predicted molar refractivity (Wildman–Crippen MR) is 154 cm³/mol. The van der Waals surface area contributed by atoms with Gasteiger partial charge in [-0.2, -0.15) is 0 Å². The first-order chi connectivity index (χ1) is 21.1. The Morgan fingerprint density at radius 1 is 0.622 bits per heavy atom. The van der Waals surface area contributed by atoms with Crippen molar-refractivity contribution in [2.24, 2.45) is 0 Å². The highest BCUT2D eigenvalue weighted by atomic mass is 16.6. The number of carbonyl (C=O) groups excluding carboxylic acids is 5. The van der Waals surface area contributed by atoms with Gasteiger partial charge in [0.25, 0.3) is 0 Å². The zero-order chi connectivity index (χ0) is 34.5. The second-order valence-corrected chi connectivity index (χ2v) is 10.2. The third-order valence-corrected chi connectivity index (χ3v) is 6.39. The van der Waals surface area contributed by atoms with Crippen molar-refractivity contribution < 1.29 is 63.5 Å². The number of aliphatic carboxylic acids is 3. The number of methoxy groups -OCH3 is 1. The van der Waals surface area contributed by atoms with Crippen LogP contribution in [0.15, 0.2) is 0 Å². The molecule has 0 aromatic heterocycles. The topological polar surface area (TPSA) is 287 Å². The van der Waals surface area contributed by atoms with E-state index in [9.17, 15) is 53.7 Å². The normalized spacial score (nSPS) is 14.0. The molecule has 0 saturated heterocycles. The maximum atomic E-state index is 12.5. The van der Waals surface area contributed by atoms with E-state index < -0.39 is 84.8 Å². The number of carboxylic acids is 3. The van der Waals surface area contributed by atoms with Gasteiger partial charge in [-0.15, -0.1) is 0 Å².